The monoisotopic (exact) mass is 602 g/mol. The molecular formula is C33H31FN2O6S. The fourth-order valence-electron chi connectivity index (χ4n) is 5.71. The summed E-state index contributed by atoms with van der Waals surface area (Å²) in [6.45, 7) is 0.0880. The molecule has 222 valence electrons. The van der Waals surface area contributed by atoms with Gasteiger partial charge in [0.25, 0.3) is 10.0 Å². The Bertz CT molecular complexity index is 1700. The smallest absolute Gasteiger partial charge is 0.261 e. The van der Waals surface area contributed by atoms with E-state index < -0.39 is 34.2 Å². The number of carbonyl (C=O) groups excluding carboxylic acids is 1. The summed E-state index contributed by atoms with van der Waals surface area (Å²) in [6, 6.07) is 27.6. The van der Waals surface area contributed by atoms with Gasteiger partial charge in [0.05, 0.1) is 24.0 Å². The number of halogens is 1. The van der Waals surface area contributed by atoms with Crippen molar-refractivity contribution in [1.82, 2.24) is 5.32 Å². The second kappa shape index (κ2) is 12.2. The third-order valence-electron chi connectivity index (χ3n) is 7.84. The molecule has 0 saturated carbocycles. The van der Waals surface area contributed by atoms with Crippen molar-refractivity contribution in [2.24, 2.45) is 0 Å². The van der Waals surface area contributed by atoms with Crippen LogP contribution in [-0.2, 0) is 26.1 Å². The van der Waals surface area contributed by atoms with Crippen LogP contribution in [-0.4, -0.2) is 44.4 Å². The van der Waals surface area contributed by atoms with E-state index in [0.717, 1.165) is 34.4 Å². The Hall–Kier alpha value is -4.25. The first kappa shape index (κ1) is 28.9. The van der Waals surface area contributed by atoms with E-state index in [1.165, 1.54) is 12.1 Å². The number of aliphatic hydroxyl groups is 1. The highest BCUT2D eigenvalue weighted by Crippen LogP contribution is 2.47. The van der Waals surface area contributed by atoms with Crippen LogP contribution < -0.4 is 14.8 Å². The van der Waals surface area contributed by atoms with Crippen LogP contribution in [0.4, 0.5) is 10.1 Å². The lowest BCUT2D eigenvalue weighted by atomic mass is 9.84. The van der Waals surface area contributed by atoms with Gasteiger partial charge >= 0.3 is 0 Å². The van der Waals surface area contributed by atoms with Crippen LogP contribution >= 0.6 is 0 Å². The molecule has 0 bridgehead atoms. The first-order chi connectivity index (χ1) is 20.8. The number of carbonyl (C=O) groups is 1. The third kappa shape index (κ3) is 6.41. The van der Waals surface area contributed by atoms with Gasteiger partial charge in [-0.2, -0.15) is 0 Å². The molecule has 1 amide bonds. The highest BCUT2D eigenvalue weighted by atomic mass is 32.2. The standard InChI is InChI=1S/C33H31FN2O6S/c34-24-10-13-27(14-11-24)43(39,40)36-25-12-15-30-28(16-25)29-17-26(41-31(20-37)33(29)42-30)18-32(38)35-19-21-6-8-23(9-7-21)22-4-2-1-3-5-22/h1-16,26,29,31,33,36-37H,17-20H2,(H,35,38)/t26-,29-,31-,33+/m0/s1. The van der Waals surface area contributed by atoms with E-state index in [1.54, 1.807) is 18.2 Å². The minimum absolute atomic E-state index is 0.0619. The molecule has 1 fully saturated rings. The van der Waals surface area contributed by atoms with Crippen LogP contribution in [0.5, 0.6) is 5.75 Å². The Morgan fingerprint density at radius 1 is 0.930 bits per heavy atom. The van der Waals surface area contributed by atoms with Crippen molar-refractivity contribution in [2.75, 3.05) is 11.3 Å². The van der Waals surface area contributed by atoms with Crippen LogP contribution in [0, 0.1) is 5.82 Å². The maximum Gasteiger partial charge on any atom is 0.261 e. The van der Waals surface area contributed by atoms with Gasteiger partial charge in [0.2, 0.25) is 5.91 Å². The van der Waals surface area contributed by atoms with Crippen LogP contribution in [0.25, 0.3) is 11.1 Å². The normalized spacial score (nSPS) is 20.9. The minimum Gasteiger partial charge on any atom is -0.487 e. The van der Waals surface area contributed by atoms with E-state index in [0.29, 0.717) is 24.4 Å². The molecule has 10 heteroatoms. The Labute approximate surface area is 249 Å². The Kier molecular flexibility index (Phi) is 8.16. The average Bonchev–Trinajstić information content (AvgIpc) is 3.38. The van der Waals surface area contributed by atoms with Crippen LogP contribution in [0.2, 0.25) is 0 Å². The summed E-state index contributed by atoms with van der Waals surface area (Å²) in [5, 5.41) is 13.0. The molecule has 6 rings (SSSR count). The number of fused-ring (bicyclic) bond motifs is 3. The quantitative estimate of drug-likeness (QED) is 0.249. The van der Waals surface area contributed by atoms with Gasteiger partial charge in [-0.3, -0.25) is 9.52 Å². The average molecular weight is 603 g/mol. The predicted octanol–water partition coefficient (Wildman–Crippen LogP) is 4.99. The SMILES string of the molecule is O=C(C[C@@H]1C[C@H]2c3cc(NS(=O)(=O)c4ccc(F)cc4)ccc3O[C@H]2[C@H](CO)O1)NCc1ccc(-c2ccccc2)cc1. The number of ether oxygens (including phenoxy) is 2. The number of anilines is 1. The topological polar surface area (TPSA) is 114 Å². The summed E-state index contributed by atoms with van der Waals surface area (Å²) in [5.74, 6) is -0.337. The maximum absolute atomic E-state index is 13.3. The van der Waals surface area contributed by atoms with Gasteiger partial charge < -0.3 is 19.9 Å². The molecule has 2 aliphatic heterocycles. The lowest BCUT2D eigenvalue weighted by molar-refractivity contribution is -0.142. The number of rotatable bonds is 9. The second-order valence-electron chi connectivity index (χ2n) is 10.8. The van der Waals surface area contributed by atoms with Gasteiger partial charge in [0, 0.05) is 23.7 Å². The van der Waals surface area contributed by atoms with E-state index in [4.69, 9.17) is 9.47 Å². The summed E-state index contributed by atoms with van der Waals surface area (Å²) in [6.07, 6.45) is -1.01. The number of hydrogen-bond donors (Lipinski definition) is 3. The largest absolute Gasteiger partial charge is 0.487 e. The van der Waals surface area contributed by atoms with Gasteiger partial charge in [-0.15, -0.1) is 0 Å². The molecule has 8 nitrogen and oxygen atoms in total. The summed E-state index contributed by atoms with van der Waals surface area (Å²) in [4.78, 5) is 12.8. The first-order valence-corrected chi connectivity index (χ1v) is 15.5. The molecule has 0 aromatic heterocycles. The Balaban J connectivity index is 1.10. The fourth-order valence-corrected chi connectivity index (χ4v) is 6.76. The number of nitrogens with one attached hydrogen (secondary N) is 2. The molecule has 0 aliphatic carbocycles. The maximum atomic E-state index is 13.3. The zero-order valence-corrected chi connectivity index (χ0v) is 24.0. The Morgan fingerprint density at radius 2 is 1.65 bits per heavy atom. The number of amides is 1. The van der Waals surface area contributed by atoms with Gasteiger partial charge in [0.15, 0.2) is 0 Å². The Morgan fingerprint density at radius 3 is 2.37 bits per heavy atom. The fraction of sp³-hybridized carbons (Fsp3) is 0.242. The van der Waals surface area contributed by atoms with Crippen LogP contribution in [0.3, 0.4) is 0 Å². The predicted molar refractivity (Wildman–Crippen MR) is 160 cm³/mol. The molecule has 2 heterocycles. The zero-order valence-electron chi connectivity index (χ0n) is 23.2. The molecule has 2 aliphatic rings. The van der Waals surface area contributed by atoms with Crippen molar-refractivity contribution in [2.45, 2.75) is 48.5 Å². The molecule has 4 atom stereocenters. The molecule has 0 radical (unpaired) electrons. The lowest BCUT2D eigenvalue weighted by Crippen LogP contribution is -2.47. The van der Waals surface area contributed by atoms with Crippen molar-refractivity contribution in [3.63, 3.8) is 0 Å². The molecule has 1 saturated heterocycles. The zero-order chi connectivity index (χ0) is 30.0. The molecule has 4 aromatic carbocycles. The molecule has 0 unspecified atom stereocenters. The lowest BCUT2D eigenvalue weighted by Gasteiger charge is -2.37. The summed E-state index contributed by atoms with van der Waals surface area (Å²) < 4.78 is 53.7. The summed E-state index contributed by atoms with van der Waals surface area (Å²) in [7, 11) is -3.94. The van der Waals surface area contributed by atoms with Gasteiger partial charge in [-0.1, -0.05) is 54.6 Å². The van der Waals surface area contributed by atoms with Gasteiger partial charge in [0.1, 0.15) is 23.8 Å². The number of benzene rings is 4. The molecule has 3 N–H and O–H groups in total. The van der Waals surface area contributed by atoms with Crippen molar-refractivity contribution < 1.29 is 32.2 Å². The van der Waals surface area contributed by atoms with Gasteiger partial charge in [-0.25, -0.2) is 12.8 Å². The van der Waals surface area contributed by atoms with Crippen LogP contribution in [0.1, 0.15) is 29.9 Å². The summed E-state index contributed by atoms with van der Waals surface area (Å²) >= 11 is 0. The number of aliphatic hydroxyl groups excluding tert-OH is 1. The molecule has 4 aromatic rings. The van der Waals surface area contributed by atoms with E-state index in [9.17, 15) is 22.7 Å². The van der Waals surface area contributed by atoms with Crippen molar-refractivity contribution in [3.8, 4) is 16.9 Å². The third-order valence-corrected chi connectivity index (χ3v) is 9.24. The molecule has 43 heavy (non-hydrogen) atoms. The van der Waals surface area contributed by atoms with E-state index in [-0.39, 0.29) is 29.7 Å². The van der Waals surface area contributed by atoms with Crippen LogP contribution in [0.15, 0.2) is 102 Å². The van der Waals surface area contributed by atoms with Crippen molar-refractivity contribution >= 4 is 21.6 Å². The number of sulfonamides is 1. The van der Waals surface area contributed by atoms with E-state index >= 15 is 0 Å². The minimum atomic E-state index is -3.94. The van der Waals surface area contributed by atoms with Crippen molar-refractivity contribution in [1.29, 1.82) is 0 Å². The van der Waals surface area contributed by atoms with E-state index in [2.05, 4.69) is 10.0 Å². The first-order valence-electron chi connectivity index (χ1n) is 14.1. The highest BCUT2D eigenvalue weighted by molar-refractivity contribution is 7.92. The highest BCUT2D eigenvalue weighted by Gasteiger charge is 2.46. The number of hydrogen-bond acceptors (Lipinski definition) is 6. The van der Waals surface area contributed by atoms with Gasteiger partial charge in [-0.05, 0) is 65.6 Å². The molecular weight excluding hydrogens is 571 g/mol. The summed E-state index contributed by atoms with van der Waals surface area (Å²) in [5.41, 5.74) is 4.29. The van der Waals surface area contributed by atoms with Crippen molar-refractivity contribution in [3.05, 3.63) is 114 Å². The molecule has 0 spiro atoms. The second-order valence-corrected chi connectivity index (χ2v) is 12.4. The van der Waals surface area contributed by atoms with E-state index in [1.807, 2.05) is 54.6 Å².